The third-order valence-electron chi connectivity index (χ3n) is 4.89. The van der Waals surface area contributed by atoms with E-state index in [4.69, 9.17) is 14.2 Å². The normalized spacial score (nSPS) is 14.5. The topological polar surface area (TPSA) is 99.5 Å². The third-order valence-corrected chi connectivity index (χ3v) is 4.89. The van der Waals surface area contributed by atoms with E-state index in [1.54, 1.807) is 32.2 Å². The molecular formula is C19H27N5O4. The van der Waals surface area contributed by atoms with Crippen molar-refractivity contribution in [2.24, 2.45) is 0 Å². The van der Waals surface area contributed by atoms with Gasteiger partial charge in [0, 0.05) is 12.1 Å². The number of amides is 1. The largest absolute Gasteiger partial charge is 0.493 e. The van der Waals surface area contributed by atoms with Crippen molar-refractivity contribution in [3.63, 3.8) is 0 Å². The van der Waals surface area contributed by atoms with Crippen molar-refractivity contribution in [2.75, 3.05) is 41.0 Å². The van der Waals surface area contributed by atoms with Crippen LogP contribution in [0.3, 0.4) is 0 Å². The predicted octanol–water partition coefficient (Wildman–Crippen LogP) is 1.20. The molecule has 0 radical (unpaired) electrons. The molecule has 1 aromatic carbocycles. The molecule has 1 aromatic heterocycles. The van der Waals surface area contributed by atoms with Crippen molar-refractivity contribution in [3.8, 4) is 17.2 Å². The summed E-state index contributed by atoms with van der Waals surface area (Å²) in [5.41, 5.74) is 1.25. The van der Waals surface area contributed by atoms with Crippen molar-refractivity contribution in [1.82, 2.24) is 25.6 Å². The highest BCUT2D eigenvalue weighted by Gasteiger charge is 2.19. The van der Waals surface area contributed by atoms with Gasteiger partial charge in [0.05, 0.1) is 33.6 Å². The van der Waals surface area contributed by atoms with Crippen molar-refractivity contribution in [1.29, 1.82) is 0 Å². The Hall–Kier alpha value is -2.81. The van der Waals surface area contributed by atoms with Gasteiger partial charge in [0.15, 0.2) is 17.2 Å². The Morgan fingerprint density at radius 3 is 2.61 bits per heavy atom. The molecule has 1 amide bonds. The van der Waals surface area contributed by atoms with Gasteiger partial charge in [-0.05, 0) is 38.4 Å². The van der Waals surface area contributed by atoms with Crippen LogP contribution in [0.15, 0.2) is 18.3 Å². The van der Waals surface area contributed by atoms with E-state index < -0.39 is 0 Å². The van der Waals surface area contributed by atoms with Crippen molar-refractivity contribution in [2.45, 2.75) is 25.3 Å². The number of hydrogen-bond acceptors (Lipinski definition) is 7. The van der Waals surface area contributed by atoms with Gasteiger partial charge in [0.25, 0.3) is 5.91 Å². The third kappa shape index (κ3) is 4.36. The van der Waals surface area contributed by atoms with Crippen LogP contribution in [-0.4, -0.2) is 61.9 Å². The molecular weight excluding hydrogens is 362 g/mol. The molecule has 0 spiro atoms. The second kappa shape index (κ2) is 9.41. The van der Waals surface area contributed by atoms with Crippen molar-refractivity contribution < 1.29 is 19.0 Å². The highest BCUT2D eigenvalue weighted by molar-refractivity contribution is 5.91. The standard InChI is InChI=1S/C19H27N5O4/c1-26-16-5-4-13(17(27-2)18(16)28-3)6-11-21-19(25)15-12-24(23-22-15)14-7-9-20-10-8-14/h4-5,12,14,20H,6-11H2,1-3H3,(H,21,25). The number of piperidine rings is 1. The molecule has 2 heterocycles. The first-order chi connectivity index (χ1) is 13.7. The monoisotopic (exact) mass is 389 g/mol. The van der Waals surface area contributed by atoms with E-state index in [1.807, 2.05) is 12.1 Å². The van der Waals surface area contributed by atoms with Gasteiger partial charge in [-0.25, -0.2) is 4.68 Å². The zero-order valence-corrected chi connectivity index (χ0v) is 16.5. The second-order valence-electron chi connectivity index (χ2n) is 6.56. The maximum atomic E-state index is 12.4. The first-order valence-electron chi connectivity index (χ1n) is 9.36. The minimum atomic E-state index is -0.236. The van der Waals surface area contributed by atoms with E-state index in [9.17, 15) is 4.79 Å². The van der Waals surface area contributed by atoms with Crippen LogP contribution in [0.2, 0.25) is 0 Å². The molecule has 0 bridgehead atoms. The molecule has 9 heteroatoms. The molecule has 28 heavy (non-hydrogen) atoms. The number of methoxy groups -OCH3 is 3. The second-order valence-corrected chi connectivity index (χ2v) is 6.56. The molecule has 0 unspecified atom stereocenters. The molecule has 0 atom stereocenters. The Morgan fingerprint density at radius 2 is 1.93 bits per heavy atom. The zero-order chi connectivity index (χ0) is 19.9. The molecule has 2 N–H and O–H groups in total. The summed E-state index contributed by atoms with van der Waals surface area (Å²) in [6, 6.07) is 4.02. The summed E-state index contributed by atoms with van der Waals surface area (Å²) in [4.78, 5) is 12.4. The summed E-state index contributed by atoms with van der Waals surface area (Å²) in [6.45, 7) is 2.35. The molecule has 1 saturated heterocycles. The van der Waals surface area contributed by atoms with Gasteiger partial charge in [-0.15, -0.1) is 5.10 Å². The Kier molecular flexibility index (Phi) is 6.70. The lowest BCUT2D eigenvalue weighted by molar-refractivity contribution is 0.0949. The average Bonchev–Trinajstić information content (AvgIpc) is 3.24. The van der Waals surface area contributed by atoms with E-state index in [2.05, 4.69) is 20.9 Å². The fourth-order valence-electron chi connectivity index (χ4n) is 3.39. The lowest BCUT2D eigenvalue weighted by Crippen LogP contribution is -2.29. The van der Waals surface area contributed by atoms with E-state index >= 15 is 0 Å². The number of nitrogens with one attached hydrogen (secondary N) is 2. The first kappa shape index (κ1) is 19.9. The molecule has 9 nitrogen and oxygen atoms in total. The number of benzene rings is 1. The van der Waals surface area contributed by atoms with Crippen LogP contribution in [0.5, 0.6) is 17.2 Å². The summed E-state index contributed by atoms with van der Waals surface area (Å²) in [6.07, 6.45) is 4.28. The van der Waals surface area contributed by atoms with Crippen LogP contribution in [0.25, 0.3) is 0 Å². The minimum Gasteiger partial charge on any atom is -0.493 e. The Balaban J connectivity index is 1.59. The van der Waals surface area contributed by atoms with Crippen LogP contribution in [0.4, 0.5) is 0 Å². The first-order valence-corrected chi connectivity index (χ1v) is 9.36. The number of rotatable bonds is 8. The van der Waals surface area contributed by atoms with Crippen LogP contribution < -0.4 is 24.8 Å². The smallest absolute Gasteiger partial charge is 0.273 e. The van der Waals surface area contributed by atoms with Gasteiger partial charge in [0.2, 0.25) is 5.75 Å². The SMILES string of the molecule is COc1ccc(CCNC(=O)c2cn(C3CCNCC3)nn2)c(OC)c1OC. The molecule has 1 aliphatic heterocycles. The molecule has 1 fully saturated rings. The maximum Gasteiger partial charge on any atom is 0.273 e. The fourth-order valence-corrected chi connectivity index (χ4v) is 3.39. The number of ether oxygens (including phenoxy) is 3. The Bertz CT molecular complexity index is 802. The van der Waals surface area contributed by atoms with E-state index in [-0.39, 0.29) is 5.91 Å². The quantitative estimate of drug-likeness (QED) is 0.700. The lowest BCUT2D eigenvalue weighted by atomic mass is 10.1. The van der Waals surface area contributed by atoms with E-state index in [1.165, 1.54) is 0 Å². The summed E-state index contributed by atoms with van der Waals surface area (Å²) < 4.78 is 18.0. The molecule has 0 aliphatic carbocycles. The van der Waals surface area contributed by atoms with Gasteiger partial charge in [-0.1, -0.05) is 11.3 Å². The number of aromatic nitrogens is 3. The number of carbonyl (C=O) groups excluding carboxylic acids is 1. The maximum absolute atomic E-state index is 12.4. The Labute approximate surface area is 164 Å². The number of hydrogen-bond donors (Lipinski definition) is 2. The number of nitrogens with zero attached hydrogens (tertiary/aromatic N) is 3. The van der Waals surface area contributed by atoms with Crippen molar-refractivity contribution in [3.05, 3.63) is 29.6 Å². The molecule has 3 rings (SSSR count). The van der Waals surface area contributed by atoms with Crippen LogP contribution in [0, 0.1) is 0 Å². The van der Waals surface area contributed by atoms with Gasteiger partial charge < -0.3 is 24.8 Å². The van der Waals surface area contributed by atoms with Gasteiger partial charge >= 0.3 is 0 Å². The molecule has 0 saturated carbocycles. The Morgan fingerprint density at radius 1 is 1.18 bits per heavy atom. The van der Waals surface area contributed by atoms with Gasteiger partial charge in [-0.3, -0.25) is 4.79 Å². The fraction of sp³-hybridized carbons (Fsp3) is 0.526. The summed E-state index contributed by atoms with van der Waals surface area (Å²) in [7, 11) is 4.73. The van der Waals surface area contributed by atoms with Gasteiger partial charge in [0.1, 0.15) is 0 Å². The summed E-state index contributed by atoms with van der Waals surface area (Å²) in [5.74, 6) is 1.51. The van der Waals surface area contributed by atoms with E-state index in [0.717, 1.165) is 31.5 Å². The molecule has 1 aliphatic rings. The van der Waals surface area contributed by atoms with Gasteiger partial charge in [-0.2, -0.15) is 0 Å². The highest BCUT2D eigenvalue weighted by Crippen LogP contribution is 2.39. The summed E-state index contributed by atoms with van der Waals surface area (Å²) >= 11 is 0. The predicted molar refractivity (Wildman–Crippen MR) is 103 cm³/mol. The summed E-state index contributed by atoms with van der Waals surface area (Å²) in [5, 5.41) is 14.3. The number of carbonyl (C=O) groups is 1. The van der Waals surface area contributed by atoms with Crippen LogP contribution in [-0.2, 0) is 6.42 Å². The molecule has 2 aromatic rings. The zero-order valence-electron chi connectivity index (χ0n) is 16.5. The van der Waals surface area contributed by atoms with Crippen LogP contribution >= 0.6 is 0 Å². The van der Waals surface area contributed by atoms with E-state index in [0.29, 0.717) is 41.9 Å². The average molecular weight is 389 g/mol. The molecule has 152 valence electrons. The highest BCUT2D eigenvalue weighted by atomic mass is 16.5. The minimum absolute atomic E-state index is 0.236. The lowest BCUT2D eigenvalue weighted by Gasteiger charge is -2.22. The van der Waals surface area contributed by atoms with Crippen molar-refractivity contribution >= 4 is 5.91 Å². The van der Waals surface area contributed by atoms with Crippen LogP contribution in [0.1, 0.15) is 34.9 Å².